The Kier molecular flexibility index (Phi) is 4.37. The van der Waals surface area contributed by atoms with Gasteiger partial charge in [-0.3, -0.25) is 4.79 Å². The van der Waals surface area contributed by atoms with Gasteiger partial charge in [0.25, 0.3) is 0 Å². The minimum absolute atomic E-state index is 0.0409. The highest BCUT2D eigenvalue weighted by Crippen LogP contribution is 2.36. The molecule has 124 valence electrons. The summed E-state index contributed by atoms with van der Waals surface area (Å²) >= 11 is 5.88. The summed E-state index contributed by atoms with van der Waals surface area (Å²) in [6.07, 6.45) is 2.63. The van der Waals surface area contributed by atoms with Gasteiger partial charge in [0, 0.05) is 40.6 Å². The molecule has 0 unspecified atom stereocenters. The van der Waals surface area contributed by atoms with Crippen molar-refractivity contribution >= 4 is 28.9 Å². The number of benzene rings is 2. The van der Waals surface area contributed by atoms with Crippen molar-refractivity contribution in [3.05, 3.63) is 70.8 Å². The Hall–Kier alpha value is -2.26. The van der Waals surface area contributed by atoms with E-state index < -0.39 is 0 Å². The molecule has 3 nitrogen and oxygen atoms in total. The SMILES string of the molecule is CN1/C(=C\C(=O)Nc2ccc(Cl)cc2)c2ccccc2CC1(C)C. The molecule has 1 aliphatic heterocycles. The van der Waals surface area contributed by atoms with Gasteiger partial charge in [-0.05, 0) is 50.1 Å². The number of fused-ring (bicyclic) bond motifs is 1. The summed E-state index contributed by atoms with van der Waals surface area (Å²) in [5.41, 5.74) is 4.01. The summed E-state index contributed by atoms with van der Waals surface area (Å²) in [5.74, 6) is -0.147. The van der Waals surface area contributed by atoms with Crippen molar-refractivity contribution in [2.75, 3.05) is 12.4 Å². The maximum absolute atomic E-state index is 12.5. The zero-order valence-electron chi connectivity index (χ0n) is 14.1. The van der Waals surface area contributed by atoms with Crippen LogP contribution in [0.15, 0.2) is 54.6 Å². The van der Waals surface area contributed by atoms with Gasteiger partial charge in [-0.15, -0.1) is 0 Å². The molecule has 1 aliphatic rings. The fourth-order valence-corrected chi connectivity index (χ4v) is 3.15. The molecule has 2 aromatic rings. The lowest BCUT2D eigenvalue weighted by molar-refractivity contribution is -0.111. The highest BCUT2D eigenvalue weighted by Gasteiger charge is 2.33. The van der Waals surface area contributed by atoms with Gasteiger partial charge in [0.15, 0.2) is 0 Å². The normalized spacial score (nSPS) is 17.5. The molecule has 0 radical (unpaired) electrons. The average molecular weight is 341 g/mol. The topological polar surface area (TPSA) is 32.3 Å². The van der Waals surface area contributed by atoms with Gasteiger partial charge in [0.05, 0.1) is 0 Å². The molecular weight excluding hydrogens is 320 g/mol. The van der Waals surface area contributed by atoms with Crippen LogP contribution in [0.1, 0.15) is 25.0 Å². The number of carbonyl (C=O) groups excluding carboxylic acids is 1. The molecule has 3 rings (SSSR count). The summed E-state index contributed by atoms with van der Waals surface area (Å²) in [4.78, 5) is 14.7. The lowest BCUT2D eigenvalue weighted by Crippen LogP contribution is -2.45. The number of nitrogens with zero attached hydrogens (tertiary/aromatic N) is 1. The lowest BCUT2D eigenvalue weighted by atomic mass is 9.84. The van der Waals surface area contributed by atoms with E-state index in [4.69, 9.17) is 11.6 Å². The molecule has 0 bridgehead atoms. The first-order valence-electron chi connectivity index (χ1n) is 7.97. The number of hydrogen-bond acceptors (Lipinski definition) is 2. The molecule has 0 aliphatic carbocycles. The molecule has 0 spiro atoms. The molecule has 0 aromatic heterocycles. The van der Waals surface area contributed by atoms with E-state index in [1.807, 2.05) is 19.2 Å². The number of likely N-dealkylation sites (N-methyl/N-ethyl adjacent to an activating group) is 1. The molecule has 1 heterocycles. The standard InChI is InChI=1S/C20H21ClN2O/c1-20(2)13-14-6-4-5-7-17(14)18(23(20)3)12-19(24)22-16-10-8-15(21)9-11-16/h4-12H,13H2,1-3H3,(H,22,24)/b18-12-. The van der Waals surface area contributed by atoms with Crippen molar-refractivity contribution < 1.29 is 4.79 Å². The van der Waals surface area contributed by atoms with E-state index in [9.17, 15) is 4.79 Å². The van der Waals surface area contributed by atoms with Crippen LogP contribution in [-0.4, -0.2) is 23.4 Å². The van der Waals surface area contributed by atoms with E-state index in [2.05, 4.69) is 36.2 Å². The van der Waals surface area contributed by atoms with Gasteiger partial charge in [0.1, 0.15) is 0 Å². The fraction of sp³-hybridized carbons (Fsp3) is 0.250. The van der Waals surface area contributed by atoms with Crippen molar-refractivity contribution in [1.29, 1.82) is 0 Å². The average Bonchev–Trinajstić information content (AvgIpc) is 2.54. The van der Waals surface area contributed by atoms with E-state index >= 15 is 0 Å². The Labute approximate surface area is 147 Å². The van der Waals surface area contributed by atoms with Crippen LogP contribution < -0.4 is 5.32 Å². The molecule has 1 N–H and O–H groups in total. The maximum atomic E-state index is 12.5. The van der Waals surface area contributed by atoms with Crippen molar-refractivity contribution in [2.24, 2.45) is 0 Å². The van der Waals surface area contributed by atoms with Crippen molar-refractivity contribution in [3.8, 4) is 0 Å². The predicted octanol–water partition coefficient (Wildman–Crippen LogP) is 4.59. The van der Waals surface area contributed by atoms with Crippen molar-refractivity contribution in [3.63, 3.8) is 0 Å². The molecule has 0 saturated heterocycles. The van der Waals surface area contributed by atoms with Crippen LogP contribution in [0.3, 0.4) is 0 Å². The minimum Gasteiger partial charge on any atom is -0.368 e. The third-order valence-electron chi connectivity index (χ3n) is 4.57. The molecule has 0 fully saturated rings. The number of amides is 1. The fourth-order valence-electron chi connectivity index (χ4n) is 3.03. The third-order valence-corrected chi connectivity index (χ3v) is 4.82. The van der Waals surface area contributed by atoms with E-state index in [1.54, 1.807) is 30.3 Å². The molecule has 0 atom stereocenters. The van der Waals surface area contributed by atoms with Crippen LogP contribution in [0.5, 0.6) is 0 Å². The van der Waals surface area contributed by atoms with Gasteiger partial charge in [0.2, 0.25) is 5.91 Å². The predicted molar refractivity (Wildman–Crippen MR) is 100 cm³/mol. The summed E-state index contributed by atoms with van der Waals surface area (Å²) in [6.45, 7) is 4.38. The van der Waals surface area contributed by atoms with Gasteiger partial charge in [-0.2, -0.15) is 0 Å². The number of nitrogens with one attached hydrogen (secondary N) is 1. The molecule has 1 amide bonds. The maximum Gasteiger partial charge on any atom is 0.250 e. The summed E-state index contributed by atoms with van der Waals surface area (Å²) < 4.78 is 0. The third kappa shape index (κ3) is 3.31. The molecule has 4 heteroatoms. The van der Waals surface area contributed by atoms with Gasteiger partial charge < -0.3 is 10.2 Å². The zero-order valence-corrected chi connectivity index (χ0v) is 14.9. The molecule has 0 saturated carbocycles. The van der Waals surface area contributed by atoms with Crippen LogP contribution in [-0.2, 0) is 11.2 Å². The minimum atomic E-state index is -0.147. The van der Waals surface area contributed by atoms with Crippen LogP contribution in [0.4, 0.5) is 5.69 Å². The number of rotatable bonds is 2. The molecular formula is C20H21ClN2O. The van der Waals surface area contributed by atoms with Crippen molar-refractivity contribution in [1.82, 2.24) is 4.90 Å². The number of carbonyl (C=O) groups is 1. The first-order valence-corrected chi connectivity index (χ1v) is 8.35. The highest BCUT2D eigenvalue weighted by molar-refractivity contribution is 6.30. The zero-order chi connectivity index (χ0) is 17.3. The van der Waals surface area contributed by atoms with Crippen LogP contribution in [0.2, 0.25) is 5.02 Å². The Morgan fingerprint density at radius 1 is 1.17 bits per heavy atom. The second-order valence-corrected chi connectivity index (χ2v) is 7.17. The number of hydrogen-bond donors (Lipinski definition) is 1. The molecule has 24 heavy (non-hydrogen) atoms. The first kappa shape index (κ1) is 16.6. The van der Waals surface area contributed by atoms with E-state index in [0.717, 1.165) is 23.4 Å². The Morgan fingerprint density at radius 3 is 2.54 bits per heavy atom. The first-order chi connectivity index (χ1) is 11.4. The largest absolute Gasteiger partial charge is 0.368 e. The Morgan fingerprint density at radius 2 is 1.83 bits per heavy atom. The van der Waals surface area contributed by atoms with Crippen LogP contribution in [0.25, 0.3) is 5.70 Å². The smallest absolute Gasteiger partial charge is 0.250 e. The molecule has 2 aromatic carbocycles. The second-order valence-electron chi connectivity index (χ2n) is 6.73. The summed E-state index contributed by atoms with van der Waals surface area (Å²) in [6, 6.07) is 15.4. The van der Waals surface area contributed by atoms with Crippen molar-refractivity contribution in [2.45, 2.75) is 25.8 Å². The van der Waals surface area contributed by atoms with Gasteiger partial charge >= 0.3 is 0 Å². The van der Waals surface area contributed by atoms with Gasteiger partial charge in [-0.1, -0.05) is 35.9 Å². The second kappa shape index (κ2) is 6.33. The van der Waals surface area contributed by atoms with Gasteiger partial charge in [-0.25, -0.2) is 0 Å². The van der Waals surface area contributed by atoms with E-state index in [-0.39, 0.29) is 11.4 Å². The number of anilines is 1. The highest BCUT2D eigenvalue weighted by atomic mass is 35.5. The van der Waals surface area contributed by atoms with E-state index in [1.165, 1.54) is 5.56 Å². The van der Waals surface area contributed by atoms with E-state index in [0.29, 0.717) is 5.02 Å². The summed E-state index contributed by atoms with van der Waals surface area (Å²) in [7, 11) is 2.04. The quantitative estimate of drug-likeness (QED) is 0.811. The summed E-state index contributed by atoms with van der Waals surface area (Å²) in [5, 5.41) is 3.54. The Bertz CT molecular complexity index is 794. The Balaban J connectivity index is 1.92. The van der Waals surface area contributed by atoms with Crippen LogP contribution >= 0.6 is 11.6 Å². The lowest BCUT2D eigenvalue weighted by Gasteiger charge is -2.44. The van der Waals surface area contributed by atoms with Crippen LogP contribution in [0, 0.1) is 0 Å². The monoisotopic (exact) mass is 340 g/mol. The number of halogens is 1.